The first-order valence-corrected chi connectivity index (χ1v) is 7.24. The Morgan fingerprint density at radius 3 is 2.52 bits per heavy atom. The predicted octanol–water partition coefficient (Wildman–Crippen LogP) is 3.74. The van der Waals surface area contributed by atoms with Crippen LogP contribution in [0.15, 0.2) is 49.9 Å². The van der Waals surface area contributed by atoms with Crippen LogP contribution in [0, 0.1) is 0 Å². The molecule has 2 heterocycles. The third kappa shape index (κ3) is 3.69. The second-order valence-corrected chi connectivity index (χ2v) is 5.11. The Hall–Kier alpha value is -2.81. The van der Waals surface area contributed by atoms with E-state index >= 15 is 0 Å². The van der Waals surface area contributed by atoms with Crippen LogP contribution in [0.2, 0.25) is 0 Å². The van der Waals surface area contributed by atoms with Gasteiger partial charge in [-0.3, -0.25) is 5.32 Å². The van der Waals surface area contributed by atoms with Gasteiger partial charge >= 0.3 is 12.0 Å². The molecule has 0 fully saturated rings. The summed E-state index contributed by atoms with van der Waals surface area (Å²) >= 11 is 3.18. The zero-order valence-corrected chi connectivity index (χ0v) is 13.5. The largest absolute Gasteiger partial charge is 0.497 e. The van der Waals surface area contributed by atoms with Gasteiger partial charge in [0.2, 0.25) is 0 Å². The number of aromatic nitrogens is 2. The molecule has 0 aliphatic rings. The van der Waals surface area contributed by atoms with Crippen molar-refractivity contribution in [1.29, 1.82) is 0 Å². The van der Waals surface area contributed by atoms with E-state index in [2.05, 4.69) is 36.8 Å². The third-order valence-corrected chi connectivity index (χ3v) is 3.20. The van der Waals surface area contributed by atoms with Gasteiger partial charge in [-0.2, -0.15) is 0 Å². The van der Waals surface area contributed by atoms with Crippen molar-refractivity contribution in [2.75, 3.05) is 17.7 Å². The molecule has 8 nitrogen and oxygen atoms in total. The first kappa shape index (κ1) is 15.1. The van der Waals surface area contributed by atoms with Crippen LogP contribution in [0.4, 0.5) is 16.5 Å². The SMILES string of the molecule is COc1ccc(NC(=O)Nc2nnc(-c3ccc(Br)o3)o2)cc1. The van der Waals surface area contributed by atoms with Gasteiger partial charge in [-0.25, -0.2) is 4.79 Å². The van der Waals surface area contributed by atoms with Crippen LogP contribution in [-0.4, -0.2) is 23.3 Å². The van der Waals surface area contributed by atoms with Gasteiger partial charge in [-0.05, 0) is 52.3 Å². The van der Waals surface area contributed by atoms with Crippen LogP contribution in [0.5, 0.6) is 5.75 Å². The molecule has 2 aromatic heterocycles. The van der Waals surface area contributed by atoms with Gasteiger partial charge in [0.1, 0.15) is 5.75 Å². The Bertz CT molecular complexity index is 812. The summed E-state index contributed by atoms with van der Waals surface area (Å²) < 4.78 is 16.2. The topological polar surface area (TPSA) is 102 Å². The highest BCUT2D eigenvalue weighted by Gasteiger charge is 2.14. The summed E-state index contributed by atoms with van der Waals surface area (Å²) in [4.78, 5) is 11.9. The fourth-order valence-electron chi connectivity index (χ4n) is 1.74. The molecule has 0 unspecified atom stereocenters. The minimum Gasteiger partial charge on any atom is -0.497 e. The summed E-state index contributed by atoms with van der Waals surface area (Å²) in [6.45, 7) is 0. The number of amides is 2. The van der Waals surface area contributed by atoms with E-state index in [9.17, 15) is 4.79 Å². The maximum Gasteiger partial charge on any atom is 0.327 e. The highest BCUT2D eigenvalue weighted by Crippen LogP contribution is 2.25. The number of furan rings is 1. The molecule has 1 aromatic carbocycles. The van der Waals surface area contributed by atoms with Crippen molar-refractivity contribution >= 4 is 33.7 Å². The van der Waals surface area contributed by atoms with E-state index in [4.69, 9.17) is 13.6 Å². The average molecular weight is 379 g/mol. The summed E-state index contributed by atoms with van der Waals surface area (Å²) in [5.74, 6) is 1.26. The molecule has 0 saturated heterocycles. The van der Waals surface area contributed by atoms with Crippen LogP contribution >= 0.6 is 15.9 Å². The third-order valence-electron chi connectivity index (χ3n) is 2.78. The molecular weight excluding hydrogens is 368 g/mol. The second kappa shape index (κ2) is 6.53. The monoisotopic (exact) mass is 378 g/mol. The molecule has 3 aromatic rings. The van der Waals surface area contributed by atoms with Crippen molar-refractivity contribution < 1.29 is 18.4 Å². The number of benzene rings is 1. The molecule has 0 bridgehead atoms. The minimum atomic E-state index is -0.508. The molecule has 2 amide bonds. The first-order valence-electron chi connectivity index (χ1n) is 6.45. The lowest BCUT2D eigenvalue weighted by Gasteiger charge is -2.05. The molecule has 0 saturated carbocycles. The summed E-state index contributed by atoms with van der Waals surface area (Å²) in [7, 11) is 1.57. The van der Waals surface area contributed by atoms with Gasteiger partial charge in [0.05, 0.1) is 7.11 Å². The molecule has 0 radical (unpaired) electrons. The molecule has 9 heteroatoms. The van der Waals surface area contributed by atoms with E-state index in [-0.39, 0.29) is 11.9 Å². The van der Waals surface area contributed by atoms with Crippen molar-refractivity contribution in [3.63, 3.8) is 0 Å². The van der Waals surface area contributed by atoms with Crippen LogP contribution in [0.1, 0.15) is 0 Å². The van der Waals surface area contributed by atoms with Crippen molar-refractivity contribution in [2.24, 2.45) is 0 Å². The zero-order valence-electron chi connectivity index (χ0n) is 11.9. The Labute approximate surface area is 139 Å². The lowest BCUT2D eigenvalue weighted by molar-refractivity contribution is 0.261. The van der Waals surface area contributed by atoms with E-state index in [1.807, 2.05) is 0 Å². The van der Waals surface area contributed by atoms with Gasteiger partial charge in [-0.15, -0.1) is 5.10 Å². The van der Waals surface area contributed by atoms with Gasteiger partial charge in [0.15, 0.2) is 10.4 Å². The maximum absolute atomic E-state index is 11.9. The Morgan fingerprint density at radius 2 is 1.87 bits per heavy atom. The van der Waals surface area contributed by atoms with Crippen LogP contribution in [0.3, 0.4) is 0 Å². The fourth-order valence-corrected chi connectivity index (χ4v) is 2.04. The number of rotatable bonds is 4. The van der Waals surface area contributed by atoms with Crippen molar-refractivity contribution in [3.8, 4) is 17.4 Å². The number of urea groups is 1. The molecule has 0 atom stereocenters. The summed E-state index contributed by atoms with van der Waals surface area (Å²) in [5.41, 5.74) is 0.595. The molecule has 3 rings (SSSR count). The van der Waals surface area contributed by atoms with Crippen molar-refractivity contribution in [2.45, 2.75) is 0 Å². The van der Waals surface area contributed by atoms with E-state index < -0.39 is 6.03 Å². The number of methoxy groups -OCH3 is 1. The molecule has 0 aliphatic heterocycles. The minimum absolute atomic E-state index is 0.0430. The quantitative estimate of drug-likeness (QED) is 0.716. The van der Waals surface area contributed by atoms with Gasteiger partial charge < -0.3 is 18.9 Å². The Balaban J connectivity index is 1.62. The number of carbonyl (C=O) groups excluding carboxylic acids is 1. The van der Waals surface area contributed by atoms with Crippen LogP contribution < -0.4 is 15.4 Å². The highest BCUT2D eigenvalue weighted by atomic mass is 79.9. The summed E-state index contributed by atoms with van der Waals surface area (Å²) in [6.07, 6.45) is 0. The molecule has 23 heavy (non-hydrogen) atoms. The molecule has 0 aliphatic carbocycles. The number of hydrogen-bond acceptors (Lipinski definition) is 6. The molecule has 2 N–H and O–H groups in total. The van der Waals surface area contributed by atoms with Crippen molar-refractivity contribution in [3.05, 3.63) is 41.1 Å². The smallest absolute Gasteiger partial charge is 0.327 e. The fraction of sp³-hybridized carbons (Fsp3) is 0.0714. The summed E-state index contributed by atoms with van der Waals surface area (Å²) in [6, 6.07) is 9.69. The second-order valence-electron chi connectivity index (χ2n) is 4.32. The zero-order chi connectivity index (χ0) is 16.2. The lowest BCUT2D eigenvalue weighted by atomic mass is 10.3. The Kier molecular flexibility index (Phi) is 4.29. The maximum atomic E-state index is 11.9. The average Bonchev–Trinajstić information content (AvgIpc) is 3.17. The number of ether oxygens (including phenoxy) is 1. The van der Waals surface area contributed by atoms with Gasteiger partial charge in [-0.1, -0.05) is 5.10 Å². The lowest BCUT2D eigenvalue weighted by Crippen LogP contribution is -2.19. The number of nitrogens with one attached hydrogen (secondary N) is 2. The van der Waals surface area contributed by atoms with Gasteiger partial charge in [0.25, 0.3) is 5.89 Å². The molecule has 0 spiro atoms. The van der Waals surface area contributed by atoms with Crippen molar-refractivity contribution in [1.82, 2.24) is 10.2 Å². The van der Waals surface area contributed by atoms with Gasteiger partial charge in [0, 0.05) is 5.69 Å². The van der Waals surface area contributed by atoms with E-state index in [1.165, 1.54) is 0 Å². The molecular formula is C14H11BrN4O4. The predicted molar refractivity (Wildman–Crippen MR) is 85.3 cm³/mol. The molecule has 118 valence electrons. The van der Waals surface area contributed by atoms with E-state index in [0.29, 0.717) is 21.9 Å². The van der Waals surface area contributed by atoms with Crippen LogP contribution in [-0.2, 0) is 0 Å². The van der Waals surface area contributed by atoms with E-state index in [0.717, 1.165) is 0 Å². The normalized spacial score (nSPS) is 10.3. The number of carbonyl (C=O) groups is 1. The standard InChI is InChI=1S/C14H11BrN4O4/c1-21-9-4-2-8(3-5-9)16-13(20)17-14-19-18-12(23-14)10-6-7-11(15)22-10/h2-7H,1H3,(H2,16,17,19,20). The number of hydrogen-bond donors (Lipinski definition) is 2. The first-order chi connectivity index (χ1) is 11.1. The number of halogens is 1. The number of nitrogens with zero attached hydrogens (tertiary/aromatic N) is 2. The van der Waals surface area contributed by atoms with Crippen LogP contribution in [0.25, 0.3) is 11.7 Å². The number of anilines is 2. The van der Waals surface area contributed by atoms with E-state index in [1.54, 1.807) is 43.5 Å². The highest BCUT2D eigenvalue weighted by molar-refractivity contribution is 9.10. The Morgan fingerprint density at radius 1 is 1.09 bits per heavy atom. The summed E-state index contributed by atoms with van der Waals surface area (Å²) in [5, 5.41) is 12.6.